The van der Waals surface area contributed by atoms with E-state index < -0.39 is 0 Å². The van der Waals surface area contributed by atoms with Gasteiger partial charge < -0.3 is 0 Å². The first-order valence-corrected chi connectivity index (χ1v) is 0.986. The molecule has 22 valence electrons. The van der Waals surface area contributed by atoms with E-state index in [1.54, 1.807) is 0 Å². The standard InChI is InChI=1S/Al.Mg.Mo.O.5H. The Labute approximate surface area is 63.0 Å². The summed E-state index contributed by atoms with van der Waals surface area (Å²) in [5.41, 5.74) is 0. The summed E-state index contributed by atoms with van der Waals surface area (Å²) >= 11 is 0.700. The Bertz CT molecular complexity index is 8.00. The van der Waals surface area contributed by atoms with Crippen LogP contribution in [0.1, 0.15) is 0 Å². The molecule has 0 amide bonds. The molecular weight excluding hydrogens is 163 g/mol. The Balaban J connectivity index is -0.00000000500. The fourth-order valence-electron chi connectivity index (χ4n) is 0. The van der Waals surface area contributed by atoms with Gasteiger partial charge in [0.1, 0.15) is 0 Å². The first-order valence-electron chi connectivity index (χ1n) is 0.167. The van der Waals surface area contributed by atoms with E-state index in [0.29, 0.717) is 19.8 Å². The van der Waals surface area contributed by atoms with Crippen LogP contribution in [-0.4, -0.2) is 40.4 Å². The van der Waals surface area contributed by atoms with Crippen molar-refractivity contribution in [2.24, 2.45) is 0 Å². The zero-order chi connectivity index (χ0) is 2.00. The van der Waals surface area contributed by atoms with Crippen LogP contribution in [0.2, 0.25) is 0 Å². The Morgan fingerprint density at radius 2 is 1.25 bits per heavy atom. The minimum atomic E-state index is 0. The average Bonchev–Trinajstić information content (AvgIpc) is 1.00. The van der Waals surface area contributed by atoms with Crippen LogP contribution in [0.3, 0.4) is 0 Å². The van der Waals surface area contributed by atoms with E-state index in [2.05, 4.69) is 0 Å². The van der Waals surface area contributed by atoms with Gasteiger partial charge in [0.05, 0.1) is 0 Å². The van der Waals surface area contributed by atoms with Gasteiger partial charge in [0.25, 0.3) is 0 Å². The van der Waals surface area contributed by atoms with Crippen LogP contribution in [0, 0.1) is 0 Å². The van der Waals surface area contributed by atoms with Gasteiger partial charge in [-0.15, -0.1) is 0 Å². The molecule has 0 unspecified atom stereocenters. The third kappa shape index (κ3) is 9.21. The van der Waals surface area contributed by atoms with Crippen molar-refractivity contribution in [2.75, 3.05) is 0 Å². The van der Waals surface area contributed by atoms with E-state index in [4.69, 9.17) is 3.40 Å². The molecule has 0 saturated heterocycles. The van der Waals surface area contributed by atoms with Crippen molar-refractivity contribution in [3.05, 3.63) is 0 Å². The van der Waals surface area contributed by atoms with Crippen molar-refractivity contribution in [3.63, 3.8) is 0 Å². The van der Waals surface area contributed by atoms with Crippen LogP contribution in [-0.2, 0) is 23.2 Å². The molecule has 4 heteroatoms. The molecule has 0 aliphatic carbocycles. The topological polar surface area (TPSA) is 17.1 Å². The number of hydrogen-bond acceptors (Lipinski definition) is 1. The molecule has 0 N–H and O–H groups in total. The van der Waals surface area contributed by atoms with Gasteiger partial charge in [-0.3, -0.25) is 0 Å². The minimum absolute atomic E-state index is 0. The molecule has 0 fully saturated rings. The van der Waals surface area contributed by atoms with Gasteiger partial charge in [0.2, 0.25) is 0 Å². The predicted molar refractivity (Wildman–Crippen MR) is 19.2 cm³/mol. The van der Waals surface area contributed by atoms with Crippen LogP contribution in [0.25, 0.3) is 0 Å². The molecule has 4 heavy (non-hydrogen) atoms. The molecule has 0 bridgehead atoms. The van der Waals surface area contributed by atoms with Gasteiger partial charge in [0, 0.05) is 0 Å². The summed E-state index contributed by atoms with van der Waals surface area (Å²) in [6.07, 6.45) is 0. The van der Waals surface area contributed by atoms with Gasteiger partial charge in [0.15, 0.2) is 17.4 Å². The molecule has 1 nitrogen and oxygen atoms in total. The first kappa shape index (κ1) is 17.1. The molecular formula is H5AlMgMoO. The molecule has 0 aromatic rings. The van der Waals surface area contributed by atoms with Crippen LogP contribution < -0.4 is 0 Å². The van der Waals surface area contributed by atoms with E-state index in [0.717, 1.165) is 0 Å². The van der Waals surface area contributed by atoms with Crippen molar-refractivity contribution in [1.82, 2.24) is 0 Å². The van der Waals surface area contributed by atoms with Gasteiger partial charge in [-0.2, -0.15) is 0 Å². The molecule has 0 heterocycles. The van der Waals surface area contributed by atoms with Gasteiger partial charge >= 0.3 is 46.2 Å². The zero-order valence-corrected chi connectivity index (χ0v) is 2.82. The van der Waals surface area contributed by atoms with E-state index in [-0.39, 0.29) is 40.4 Å². The summed E-state index contributed by atoms with van der Waals surface area (Å²) in [5, 5.41) is 0. The molecule has 0 atom stereocenters. The van der Waals surface area contributed by atoms with Gasteiger partial charge in [-0.05, 0) is 0 Å². The second-order valence-electron chi connectivity index (χ2n) is 0. The fourth-order valence-corrected chi connectivity index (χ4v) is 0. The van der Waals surface area contributed by atoms with Gasteiger partial charge in [-0.1, -0.05) is 0 Å². The normalized spacial score (nSPS) is 1.00. The first-order chi connectivity index (χ1) is 1.00. The molecule has 0 aromatic carbocycles. The van der Waals surface area contributed by atoms with Crippen molar-refractivity contribution in [1.29, 1.82) is 0 Å². The Morgan fingerprint density at radius 3 is 1.25 bits per heavy atom. The van der Waals surface area contributed by atoms with Crippen LogP contribution in [0.5, 0.6) is 0 Å². The van der Waals surface area contributed by atoms with E-state index in [1.807, 2.05) is 0 Å². The van der Waals surface area contributed by atoms with Crippen LogP contribution in [0.15, 0.2) is 0 Å². The van der Waals surface area contributed by atoms with Crippen molar-refractivity contribution < 1.29 is 23.2 Å². The number of hydrogen-bond donors (Lipinski definition) is 0. The summed E-state index contributed by atoms with van der Waals surface area (Å²) in [6, 6.07) is 0. The zero-order valence-electron chi connectivity index (χ0n) is 0.816. The molecule has 0 spiro atoms. The van der Waals surface area contributed by atoms with E-state index in [9.17, 15) is 0 Å². The molecule has 0 aromatic heterocycles. The summed E-state index contributed by atoms with van der Waals surface area (Å²) in [6.45, 7) is 0. The average molecular weight is 168 g/mol. The number of rotatable bonds is 0. The quantitative estimate of drug-likeness (QED) is 0.374. The second-order valence-corrected chi connectivity index (χ2v) is 0. The van der Waals surface area contributed by atoms with Gasteiger partial charge in [-0.25, -0.2) is 0 Å². The Kier molecular flexibility index (Phi) is 91.8. The fraction of sp³-hybridized carbons (Fsp3) is 0. The Hall–Kier alpha value is 1.79. The molecule has 0 rings (SSSR count). The van der Waals surface area contributed by atoms with Crippen LogP contribution >= 0.6 is 0 Å². The SMILES string of the molecule is [AlH3].[MgH2].[O]=[Mo]. The summed E-state index contributed by atoms with van der Waals surface area (Å²) < 4.78 is 8.26. The molecule has 0 aliphatic heterocycles. The maximum absolute atomic E-state index is 8.26. The molecule has 0 aliphatic rings. The molecule has 0 saturated carbocycles. The van der Waals surface area contributed by atoms with Crippen molar-refractivity contribution in [3.8, 4) is 0 Å². The Morgan fingerprint density at radius 1 is 1.25 bits per heavy atom. The predicted octanol–water partition coefficient (Wildman–Crippen LogP) is -2.22. The second kappa shape index (κ2) is 21.5. The van der Waals surface area contributed by atoms with Crippen molar-refractivity contribution >= 4 is 40.4 Å². The summed E-state index contributed by atoms with van der Waals surface area (Å²) in [5.74, 6) is 0. The third-order valence-electron chi connectivity index (χ3n) is 0. The third-order valence-corrected chi connectivity index (χ3v) is 0. The van der Waals surface area contributed by atoms with Crippen LogP contribution in [0.4, 0.5) is 0 Å². The van der Waals surface area contributed by atoms with E-state index >= 15 is 0 Å². The maximum atomic E-state index is 8.26. The van der Waals surface area contributed by atoms with E-state index in [1.165, 1.54) is 0 Å². The monoisotopic (exact) mass is 170 g/mol. The van der Waals surface area contributed by atoms with Crippen molar-refractivity contribution in [2.45, 2.75) is 0 Å². The molecule has 0 radical (unpaired) electrons. The summed E-state index contributed by atoms with van der Waals surface area (Å²) in [7, 11) is 0. The summed E-state index contributed by atoms with van der Waals surface area (Å²) in [4.78, 5) is 0.